The fraction of sp³-hybridized carbons (Fsp3) is 0.333. The maximum Gasteiger partial charge on any atom is 0.226 e. The molecule has 0 atom stereocenters. The van der Waals surface area contributed by atoms with Crippen LogP contribution >= 0.6 is 0 Å². The molecule has 5 nitrogen and oxygen atoms in total. The Bertz CT molecular complexity index is 1030. The van der Waals surface area contributed by atoms with Gasteiger partial charge in [-0.05, 0) is 49.9 Å². The van der Waals surface area contributed by atoms with Gasteiger partial charge in [-0.2, -0.15) is 9.78 Å². The van der Waals surface area contributed by atoms with Crippen LogP contribution in [0, 0.1) is 25.6 Å². The van der Waals surface area contributed by atoms with Crippen molar-refractivity contribution in [1.29, 1.82) is 0 Å². The summed E-state index contributed by atoms with van der Waals surface area (Å²) in [6.45, 7) is 8.65. The van der Waals surface area contributed by atoms with Gasteiger partial charge in [-0.3, -0.25) is 4.79 Å². The first-order chi connectivity index (χ1) is 14.3. The van der Waals surface area contributed by atoms with Crippen molar-refractivity contribution in [3.05, 3.63) is 71.2 Å². The number of benzene rings is 2. The summed E-state index contributed by atoms with van der Waals surface area (Å²) in [5, 5.41) is 7.62. The van der Waals surface area contributed by atoms with E-state index in [0.29, 0.717) is 36.9 Å². The molecule has 0 aliphatic carbocycles. The van der Waals surface area contributed by atoms with E-state index < -0.39 is 0 Å². The monoisotopic (exact) mass is 409 g/mol. The molecule has 1 heterocycles. The first kappa shape index (κ1) is 21.6. The Labute approximate surface area is 176 Å². The van der Waals surface area contributed by atoms with Gasteiger partial charge in [0, 0.05) is 24.6 Å². The summed E-state index contributed by atoms with van der Waals surface area (Å²) in [6.07, 6.45) is 0.804. The van der Waals surface area contributed by atoms with Gasteiger partial charge >= 0.3 is 0 Å². The molecule has 0 bridgehead atoms. The third kappa shape index (κ3) is 5.26. The molecule has 0 aliphatic heterocycles. The Morgan fingerprint density at radius 3 is 2.63 bits per heavy atom. The topological polar surface area (TPSA) is 56.2 Å². The van der Waals surface area contributed by atoms with E-state index >= 15 is 0 Å². The van der Waals surface area contributed by atoms with Crippen LogP contribution in [0.25, 0.3) is 5.69 Å². The Hall–Kier alpha value is -3.15. The Balaban J connectivity index is 1.95. The number of hydrogen-bond donors (Lipinski definition) is 1. The van der Waals surface area contributed by atoms with Crippen LogP contribution in [0.3, 0.4) is 0 Å². The molecule has 0 aliphatic rings. The van der Waals surface area contributed by atoms with E-state index in [1.54, 1.807) is 16.8 Å². The predicted octanol–water partition coefficient (Wildman–Crippen LogP) is 5.13. The lowest BCUT2D eigenvalue weighted by Gasteiger charge is -2.13. The molecule has 0 saturated carbocycles. The van der Waals surface area contributed by atoms with Gasteiger partial charge in [0.25, 0.3) is 0 Å². The van der Waals surface area contributed by atoms with E-state index in [1.807, 2.05) is 38.1 Å². The zero-order valence-corrected chi connectivity index (χ0v) is 17.9. The van der Waals surface area contributed by atoms with Gasteiger partial charge in [-0.1, -0.05) is 38.1 Å². The molecule has 3 aromatic rings. The van der Waals surface area contributed by atoms with Crippen LogP contribution in [0.15, 0.2) is 48.5 Å². The zero-order chi connectivity index (χ0) is 21.7. The van der Waals surface area contributed by atoms with Gasteiger partial charge in [-0.25, -0.2) is 4.39 Å². The summed E-state index contributed by atoms with van der Waals surface area (Å²) in [5.74, 6) is 0.898. The number of hydrogen-bond acceptors (Lipinski definition) is 3. The van der Waals surface area contributed by atoms with Crippen LogP contribution in [-0.4, -0.2) is 22.2 Å². The minimum absolute atomic E-state index is 0.0107. The molecule has 1 N–H and O–H groups in total. The summed E-state index contributed by atoms with van der Waals surface area (Å²) in [7, 11) is 0. The van der Waals surface area contributed by atoms with E-state index in [2.05, 4.69) is 24.3 Å². The molecular formula is C24H28FN3O2. The van der Waals surface area contributed by atoms with Crippen molar-refractivity contribution < 1.29 is 13.9 Å². The summed E-state index contributed by atoms with van der Waals surface area (Å²) in [4.78, 5) is 12.2. The number of ether oxygens (including phenoxy) is 1. The highest BCUT2D eigenvalue weighted by Crippen LogP contribution is 2.32. The van der Waals surface area contributed by atoms with Crippen molar-refractivity contribution in [3.8, 4) is 17.3 Å². The second-order valence-electron chi connectivity index (χ2n) is 7.82. The zero-order valence-electron chi connectivity index (χ0n) is 17.9. The SMILES string of the molecule is Cc1ccccc1-n1nc(C)c(CCC(=O)NCC(C)C)c1Oc1cccc(F)c1. The maximum atomic E-state index is 13.7. The van der Waals surface area contributed by atoms with Gasteiger partial charge in [0.15, 0.2) is 0 Å². The number of aromatic nitrogens is 2. The highest BCUT2D eigenvalue weighted by Gasteiger charge is 2.20. The molecule has 30 heavy (non-hydrogen) atoms. The molecule has 0 unspecified atom stereocenters. The summed E-state index contributed by atoms with van der Waals surface area (Å²) < 4.78 is 21.6. The third-order valence-corrected chi connectivity index (χ3v) is 4.80. The predicted molar refractivity (Wildman–Crippen MR) is 116 cm³/mol. The van der Waals surface area contributed by atoms with Crippen molar-refractivity contribution in [1.82, 2.24) is 15.1 Å². The molecule has 0 saturated heterocycles. The number of amides is 1. The van der Waals surface area contributed by atoms with E-state index in [-0.39, 0.29) is 11.7 Å². The number of rotatable bonds is 8. The summed E-state index contributed by atoms with van der Waals surface area (Å²) >= 11 is 0. The number of carbonyl (C=O) groups is 1. The molecule has 2 aromatic carbocycles. The molecular weight excluding hydrogens is 381 g/mol. The molecule has 158 valence electrons. The van der Waals surface area contributed by atoms with E-state index in [4.69, 9.17) is 4.74 Å². The van der Waals surface area contributed by atoms with Crippen LogP contribution in [0.5, 0.6) is 11.6 Å². The van der Waals surface area contributed by atoms with Crippen LogP contribution in [0.1, 0.15) is 37.1 Å². The minimum Gasteiger partial charge on any atom is -0.439 e. The van der Waals surface area contributed by atoms with Gasteiger partial charge in [-0.15, -0.1) is 0 Å². The summed E-state index contributed by atoms with van der Waals surface area (Å²) in [5.41, 5.74) is 3.52. The molecule has 3 rings (SSSR count). The quantitative estimate of drug-likeness (QED) is 0.561. The largest absolute Gasteiger partial charge is 0.439 e. The molecule has 1 aromatic heterocycles. The van der Waals surface area contributed by atoms with E-state index in [0.717, 1.165) is 22.5 Å². The Morgan fingerprint density at radius 1 is 1.17 bits per heavy atom. The Kier molecular flexibility index (Phi) is 6.87. The second-order valence-corrected chi connectivity index (χ2v) is 7.82. The second kappa shape index (κ2) is 9.57. The number of nitrogens with zero attached hydrogens (tertiary/aromatic N) is 2. The van der Waals surface area contributed by atoms with E-state index in [9.17, 15) is 9.18 Å². The average molecular weight is 410 g/mol. The Morgan fingerprint density at radius 2 is 1.93 bits per heavy atom. The fourth-order valence-electron chi connectivity index (χ4n) is 3.18. The van der Waals surface area contributed by atoms with Crippen molar-refractivity contribution in [2.45, 2.75) is 40.5 Å². The number of nitrogens with one attached hydrogen (secondary N) is 1. The van der Waals surface area contributed by atoms with Gasteiger partial charge in [0.05, 0.1) is 11.4 Å². The van der Waals surface area contributed by atoms with Crippen molar-refractivity contribution in [2.24, 2.45) is 5.92 Å². The lowest BCUT2D eigenvalue weighted by Crippen LogP contribution is -2.27. The third-order valence-electron chi connectivity index (χ3n) is 4.80. The number of halogens is 1. The molecule has 0 radical (unpaired) electrons. The number of aryl methyl sites for hydroxylation is 2. The smallest absolute Gasteiger partial charge is 0.226 e. The molecule has 0 spiro atoms. The molecule has 1 amide bonds. The number of para-hydroxylation sites is 1. The first-order valence-corrected chi connectivity index (χ1v) is 10.2. The standard InChI is InChI=1S/C24H28FN3O2/c1-16(2)15-26-23(29)13-12-21-18(4)27-28(22-11-6-5-8-17(22)3)24(21)30-20-10-7-9-19(25)14-20/h5-11,14,16H,12-13,15H2,1-4H3,(H,26,29). The van der Waals surface area contributed by atoms with Gasteiger partial charge in [0.2, 0.25) is 11.8 Å². The molecule has 6 heteroatoms. The summed E-state index contributed by atoms with van der Waals surface area (Å²) in [6, 6.07) is 13.9. The van der Waals surface area contributed by atoms with Crippen molar-refractivity contribution in [3.63, 3.8) is 0 Å². The van der Waals surface area contributed by atoms with Crippen LogP contribution in [-0.2, 0) is 11.2 Å². The number of carbonyl (C=O) groups excluding carboxylic acids is 1. The van der Waals surface area contributed by atoms with Crippen molar-refractivity contribution >= 4 is 5.91 Å². The van der Waals surface area contributed by atoms with E-state index in [1.165, 1.54) is 12.1 Å². The first-order valence-electron chi connectivity index (χ1n) is 10.2. The molecule has 0 fully saturated rings. The van der Waals surface area contributed by atoms with Crippen LogP contribution < -0.4 is 10.1 Å². The average Bonchev–Trinajstić information content (AvgIpc) is 3.00. The van der Waals surface area contributed by atoms with Crippen molar-refractivity contribution in [2.75, 3.05) is 6.54 Å². The van der Waals surface area contributed by atoms with Gasteiger partial charge < -0.3 is 10.1 Å². The van der Waals surface area contributed by atoms with Crippen LogP contribution in [0.4, 0.5) is 4.39 Å². The minimum atomic E-state index is -0.374. The lowest BCUT2D eigenvalue weighted by molar-refractivity contribution is -0.121. The lowest BCUT2D eigenvalue weighted by atomic mass is 10.1. The maximum absolute atomic E-state index is 13.7. The highest BCUT2D eigenvalue weighted by atomic mass is 19.1. The fourth-order valence-corrected chi connectivity index (χ4v) is 3.18. The van der Waals surface area contributed by atoms with Crippen LogP contribution in [0.2, 0.25) is 0 Å². The highest BCUT2D eigenvalue weighted by molar-refractivity contribution is 5.76. The van der Waals surface area contributed by atoms with Gasteiger partial charge in [0.1, 0.15) is 11.6 Å². The normalized spacial score (nSPS) is 11.0.